The molecule has 0 aliphatic heterocycles. The van der Waals surface area contributed by atoms with Crippen LogP contribution in [0, 0.1) is 0 Å². The number of rotatable bonds is 11. The maximum absolute atomic E-state index is 2.28. The summed E-state index contributed by atoms with van der Waals surface area (Å²) in [6, 6.07) is 10.9. The van der Waals surface area contributed by atoms with Gasteiger partial charge in [-0.05, 0) is 18.4 Å². The summed E-state index contributed by atoms with van der Waals surface area (Å²) < 4.78 is 0. The second-order valence-corrected chi connectivity index (χ2v) is 5.42. The smallest absolute Gasteiger partial charge is 0.0654 e. The first kappa shape index (κ1) is 23.5. The van der Waals surface area contributed by atoms with Crippen LogP contribution in [0.25, 0.3) is 0 Å². The Balaban J connectivity index is 0. The van der Waals surface area contributed by atoms with Gasteiger partial charge in [-0.15, -0.1) is 0 Å². The van der Waals surface area contributed by atoms with Gasteiger partial charge in [0.15, 0.2) is 0 Å². The monoisotopic (exact) mass is 292 g/mol. The van der Waals surface area contributed by atoms with E-state index in [-0.39, 0.29) is 59.1 Å². The van der Waals surface area contributed by atoms with Crippen molar-refractivity contribution < 1.29 is 59.1 Å². The van der Waals surface area contributed by atoms with Gasteiger partial charge in [0.2, 0.25) is 0 Å². The molecular formula is C18H30Na2+2. The minimum Gasteiger partial charge on any atom is -0.0654 e. The molecule has 0 radical (unpaired) electrons. The Labute approximate surface area is 171 Å². The Hall–Kier alpha value is 1.22. The van der Waals surface area contributed by atoms with Crippen LogP contribution in [-0.4, -0.2) is 0 Å². The molecule has 0 fully saturated rings. The van der Waals surface area contributed by atoms with Crippen LogP contribution in [0.3, 0.4) is 0 Å². The van der Waals surface area contributed by atoms with Gasteiger partial charge in [0.05, 0.1) is 0 Å². The van der Waals surface area contributed by atoms with Gasteiger partial charge in [0.25, 0.3) is 0 Å². The van der Waals surface area contributed by atoms with Crippen molar-refractivity contribution in [3.63, 3.8) is 0 Å². The van der Waals surface area contributed by atoms with E-state index >= 15 is 0 Å². The maximum Gasteiger partial charge on any atom is 1.00 e. The van der Waals surface area contributed by atoms with Crippen molar-refractivity contribution in [2.45, 2.75) is 77.6 Å². The fraction of sp³-hybridized carbons (Fsp3) is 0.667. The van der Waals surface area contributed by atoms with E-state index in [9.17, 15) is 0 Å². The van der Waals surface area contributed by atoms with Crippen LogP contribution < -0.4 is 59.1 Å². The van der Waals surface area contributed by atoms with E-state index in [1.165, 1.54) is 76.2 Å². The van der Waals surface area contributed by atoms with Gasteiger partial charge in [0.1, 0.15) is 0 Å². The first-order valence-electron chi connectivity index (χ1n) is 7.97. The largest absolute Gasteiger partial charge is 1.00 e. The predicted octanol–water partition coefficient (Wildman–Crippen LogP) is 0.158. The first-order valence-corrected chi connectivity index (χ1v) is 7.97. The molecule has 0 saturated heterocycles. The molecule has 0 atom stereocenters. The molecule has 0 aliphatic rings. The molecule has 0 N–H and O–H groups in total. The molecule has 0 heterocycles. The molecule has 0 nitrogen and oxygen atoms in total. The van der Waals surface area contributed by atoms with Gasteiger partial charge in [0, 0.05) is 0 Å². The maximum atomic E-state index is 2.28. The Morgan fingerprint density at radius 2 is 1.05 bits per heavy atom. The molecule has 20 heavy (non-hydrogen) atoms. The Kier molecular flexibility index (Phi) is 21.5. The van der Waals surface area contributed by atoms with Gasteiger partial charge < -0.3 is 0 Å². The van der Waals surface area contributed by atoms with Crippen molar-refractivity contribution >= 4 is 0 Å². The van der Waals surface area contributed by atoms with E-state index in [1.54, 1.807) is 0 Å². The van der Waals surface area contributed by atoms with E-state index in [1.807, 2.05) is 0 Å². The van der Waals surface area contributed by atoms with E-state index < -0.39 is 0 Å². The second kappa shape index (κ2) is 18.3. The SMILES string of the molecule is CCCCCCCCCCCCc1ccccc1.[Na+].[Na+]. The third kappa shape index (κ3) is 14.2. The van der Waals surface area contributed by atoms with Gasteiger partial charge >= 0.3 is 59.1 Å². The molecule has 0 saturated carbocycles. The summed E-state index contributed by atoms with van der Waals surface area (Å²) in [5.41, 5.74) is 1.50. The molecule has 1 aromatic rings. The van der Waals surface area contributed by atoms with Crippen molar-refractivity contribution in [1.29, 1.82) is 0 Å². The zero-order valence-corrected chi connectivity index (χ0v) is 18.2. The zero-order chi connectivity index (χ0) is 12.9. The number of aryl methyl sites for hydroxylation is 1. The van der Waals surface area contributed by atoms with Crippen molar-refractivity contribution in [2.75, 3.05) is 0 Å². The average Bonchev–Trinajstić information content (AvgIpc) is 2.42. The molecule has 0 aliphatic carbocycles. The van der Waals surface area contributed by atoms with Crippen LogP contribution in [-0.2, 0) is 6.42 Å². The van der Waals surface area contributed by atoms with Gasteiger partial charge in [-0.25, -0.2) is 0 Å². The summed E-state index contributed by atoms with van der Waals surface area (Å²) in [5.74, 6) is 0. The number of benzene rings is 1. The Morgan fingerprint density at radius 1 is 0.600 bits per heavy atom. The summed E-state index contributed by atoms with van der Waals surface area (Å²) in [6.45, 7) is 2.28. The molecule has 1 aromatic carbocycles. The van der Waals surface area contributed by atoms with Crippen LogP contribution in [0.1, 0.15) is 76.7 Å². The topological polar surface area (TPSA) is 0 Å². The fourth-order valence-electron chi connectivity index (χ4n) is 2.46. The second-order valence-electron chi connectivity index (χ2n) is 5.42. The summed E-state index contributed by atoms with van der Waals surface area (Å²) in [7, 11) is 0. The molecule has 1 rings (SSSR count). The van der Waals surface area contributed by atoms with Crippen LogP contribution >= 0.6 is 0 Å². The summed E-state index contributed by atoms with van der Waals surface area (Å²) in [5, 5.41) is 0. The van der Waals surface area contributed by atoms with Crippen LogP contribution in [0.4, 0.5) is 0 Å². The fourth-order valence-corrected chi connectivity index (χ4v) is 2.46. The molecule has 0 spiro atoms. The van der Waals surface area contributed by atoms with Crippen LogP contribution in [0.15, 0.2) is 30.3 Å². The van der Waals surface area contributed by atoms with E-state index in [4.69, 9.17) is 0 Å². The molecule has 0 unspecified atom stereocenters. The van der Waals surface area contributed by atoms with Gasteiger partial charge in [-0.1, -0.05) is 95.0 Å². The van der Waals surface area contributed by atoms with Crippen LogP contribution in [0.2, 0.25) is 0 Å². The van der Waals surface area contributed by atoms with E-state index in [2.05, 4.69) is 37.3 Å². The third-order valence-electron chi connectivity index (χ3n) is 3.66. The number of unbranched alkanes of at least 4 members (excludes halogenated alkanes) is 9. The van der Waals surface area contributed by atoms with Crippen molar-refractivity contribution in [3.8, 4) is 0 Å². The van der Waals surface area contributed by atoms with E-state index in [0.717, 1.165) is 0 Å². The normalized spacial score (nSPS) is 9.65. The summed E-state index contributed by atoms with van der Waals surface area (Å²) in [6.07, 6.45) is 15.5. The molecule has 102 valence electrons. The average molecular weight is 292 g/mol. The minimum atomic E-state index is 0. The molecule has 2 heteroatoms. The molecule has 0 amide bonds. The molecular weight excluding hydrogens is 262 g/mol. The van der Waals surface area contributed by atoms with Crippen molar-refractivity contribution in [2.24, 2.45) is 0 Å². The van der Waals surface area contributed by atoms with Crippen molar-refractivity contribution in [1.82, 2.24) is 0 Å². The zero-order valence-electron chi connectivity index (χ0n) is 14.2. The summed E-state index contributed by atoms with van der Waals surface area (Å²) in [4.78, 5) is 0. The van der Waals surface area contributed by atoms with Gasteiger partial charge in [-0.2, -0.15) is 0 Å². The summed E-state index contributed by atoms with van der Waals surface area (Å²) >= 11 is 0. The molecule has 0 aromatic heterocycles. The first-order chi connectivity index (χ1) is 8.93. The number of hydrogen-bond acceptors (Lipinski definition) is 0. The van der Waals surface area contributed by atoms with Crippen LogP contribution in [0.5, 0.6) is 0 Å². The van der Waals surface area contributed by atoms with E-state index in [0.29, 0.717) is 0 Å². The Morgan fingerprint density at radius 3 is 1.55 bits per heavy atom. The third-order valence-corrected chi connectivity index (χ3v) is 3.66. The predicted molar refractivity (Wildman–Crippen MR) is 82.0 cm³/mol. The molecule has 0 bridgehead atoms. The standard InChI is InChI=1S/C18H30.2Na/c1-2-3-4-5-6-7-8-9-10-12-15-18-16-13-11-14-17-18;;/h11,13-14,16-17H,2-10,12,15H2,1H3;;/q;2*+1. The quantitative estimate of drug-likeness (QED) is 0.403. The number of hydrogen-bond donors (Lipinski definition) is 0. The van der Waals surface area contributed by atoms with Crippen molar-refractivity contribution in [3.05, 3.63) is 35.9 Å². The van der Waals surface area contributed by atoms with Gasteiger partial charge in [-0.3, -0.25) is 0 Å². The minimum absolute atomic E-state index is 0. The Bertz CT molecular complexity index is 272.